The number of carbonyl (C=O) groups is 1. The first-order chi connectivity index (χ1) is 11.1. The number of nitrogens with zero attached hydrogens (tertiary/aromatic N) is 2. The van der Waals surface area contributed by atoms with Crippen LogP contribution >= 0.6 is 15.9 Å². The van der Waals surface area contributed by atoms with Crippen LogP contribution < -0.4 is 21.5 Å². The zero-order valence-electron chi connectivity index (χ0n) is 12.4. The van der Waals surface area contributed by atoms with Crippen molar-refractivity contribution in [2.24, 2.45) is 0 Å². The summed E-state index contributed by atoms with van der Waals surface area (Å²) in [7, 11) is 0. The molecule has 2 amide bonds. The van der Waals surface area contributed by atoms with E-state index >= 15 is 0 Å². The van der Waals surface area contributed by atoms with Crippen molar-refractivity contribution in [3.05, 3.63) is 46.8 Å². The van der Waals surface area contributed by atoms with Crippen molar-refractivity contribution in [1.29, 1.82) is 0 Å². The van der Waals surface area contributed by atoms with E-state index in [1.807, 2.05) is 6.92 Å². The number of aromatic nitrogens is 2. The highest BCUT2D eigenvalue weighted by molar-refractivity contribution is 9.10. The molecule has 0 bridgehead atoms. The maximum absolute atomic E-state index is 11.5. The van der Waals surface area contributed by atoms with Crippen molar-refractivity contribution in [2.45, 2.75) is 13.2 Å². The van der Waals surface area contributed by atoms with Gasteiger partial charge in [-0.25, -0.2) is 15.2 Å². The van der Waals surface area contributed by atoms with Gasteiger partial charge in [-0.15, -0.1) is 0 Å². The number of urea groups is 1. The highest BCUT2D eigenvalue weighted by atomic mass is 79.9. The summed E-state index contributed by atoms with van der Waals surface area (Å²) in [6, 6.07) is 4.73. The van der Waals surface area contributed by atoms with Crippen LogP contribution in [0.25, 0.3) is 0 Å². The first-order valence-electron chi connectivity index (χ1n) is 6.90. The topological polar surface area (TPSA) is 111 Å². The van der Waals surface area contributed by atoms with Gasteiger partial charge in [0.2, 0.25) is 0 Å². The molecule has 0 spiro atoms. The van der Waals surface area contributed by atoms with Crippen LogP contribution in [0.2, 0.25) is 0 Å². The Labute approximate surface area is 141 Å². The molecule has 0 aromatic carbocycles. The molecule has 2 aromatic rings. The fourth-order valence-electron chi connectivity index (χ4n) is 1.72. The molecule has 0 fully saturated rings. The minimum Gasteiger partial charge on any atom is -0.373 e. The SMILES string of the molecule is CCNC(=O)Nc1cc(C(O)NNc2ccncc2)c(Br)cn1. The molecule has 9 heteroatoms. The predicted molar refractivity (Wildman–Crippen MR) is 90.6 cm³/mol. The minimum absolute atomic E-state index is 0.332. The lowest BCUT2D eigenvalue weighted by molar-refractivity contribution is 0.148. The molecule has 0 aliphatic heterocycles. The van der Waals surface area contributed by atoms with Gasteiger partial charge in [0.15, 0.2) is 0 Å². The van der Waals surface area contributed by atoms with Gasteiger partial charge < -0.3 is 15.8 Å². The summed E-state index contributed by atoms with van der Waals surface area (Å²) in [6.45, 7) is 2.33. The Morgan fingerprint density at radius 1 is 1.39 bits per heavy atom. The fourth-order valence-corrected chi connectivity index (χ4v) is 2.15. The highest BCUT2D eigenvalue weighted by Crippen LogP contribution is 2.23. The second-order valence-corrected chi connectivity index (χ2v) is 5.34. The lowest BCUT2D eigenvalue weighted by Gasteiger charge is -2.17. The standard InChI is InChI=1S/C14H17BrN6O2/c1-2-17-14(23)19-12-7-10(11(15)8-18-12)13(22)21-20-9-3-5-16-6-4-9/h3-8,13,21-22H,2H2,1H3,(H,16,20)(H2,17,18,19,23). The molecule has 1 atom stereocenters. The zero-order chi connectivity index (χ0) is 16.7. The third kappa shape index (κ3) is 5.16. The van der Waals surface area contributed by atoms with Crippen LogP contribution in [-0.2, 0) is 0 Å². The molecule has 2 rings (SSSR count). The van der Waals surface area contributed by atoms with Crippen LogP contribution in [0.4, 0.5) is 16.3 Å². The smallest absolute Gasteiger partial charge is 0.320 e. The summed E-state index contributed by atoms with van der Waals surface area (Å²) in [4.78, 5) is 19.5. The molecule has 2 aromatic heterocycles. The Bertz CT molecular complexity index is 655. The molecular formula is C14H17BrN6O2. The average Bonchev–Trinajstić information content (AvgIpc) is 2.55. The van der Waals surface area contributed by atoms with Crippen molar-refractivity contribution < 1.29 is 9.90 Å². The van der Waals surface area contributed by atoms with E-state index in [1.165, 1.54) is 6.20 Å². The molecule has 8 nitrogen and oxygen atoms in total. The van der Waals surface area contributed by atoms with Gasteiger partial charge in [-0.2, -0.15) is 0 Å². The largest absolute Gasteiger partial charge is 0.373 e. The maximum Gasteiger partial charge on any atom is 0.320 e. The summed E-state index contributed by atoms with van der Waals surface area (Å²) >= 11 is 3.33. The molecule has 0 aliphatic rings. The number of anilines is 2. The highest BCUT2D eigenvalue weighted by Gasteiger charge is 2.13. The number of aliphatic hydroxyl groups is 1. The van der Waals surface area contributed by atoms with E-state index in [0.717, 1.165) is 5.69 Å². The van der Waals surface area contributed by atoms with E-state index in [1.54, 1.807) is 30.6 Å². The van der Waals surface area contributed by atoms with Gasteiger partial charge in [-0.3, -0.25) is 10.3 Å². The van der Waals surface area contributed by atoms with Gasteiger partial charge in [-0.05, 0) is 41.1 Å². The molecule has 0 saturated heterocycles. The molecule has 122 valence electrons. The number of aliphatic hydroxyl groups excluding tert-OH is 1. The second-order valence-electron chi connectivity index (χ2n) is 4.48. The van der Waals surface area contributed by atoms with Gasteiger partial charge >= 0.3 is 6.03 Å². The van der Waals surface area contributed by atoms with Crippen molar-refractivity contribution in [2.75, 3.05) is 17.3 Å². The zero-order valence-corrected chi connectivity index (χ0v) is 14.0. The van der Waals surface area contributed by atoms with Crippen molar-refractivity contribution >= 4 is 33.5 Å². The van der Waals surface area contributed by atoms with Crippen LogP contribution in [-0.4, -0.2) is 27.7 Å². The molecule has 1 unspecified atom stereocenters. The van der Waals surface area contributed by atoms with E-state index < -0.39 is 6.23 Å². The van der Waals surface area contributed by atoms with Crippen LogP contribution in [0.5, 0.6) is 0 Å². The van der Waals surface area contributed by atoms with E-state index in [-0.39, 0.29) is 6.03 Å². The number of hydrazine groups is 1. The van der Waals surface area contributed by atoms with Gasteiger partial charge in [-0.1, -0.05) is 0 Å². The Hall–Kier alpha value is -2.23. The first kappa shape index (κ1) is 17.1. The summed E-state index contributed by atoms with van der Waals surface area (Å²) in [5.41, 5.74) is 6.90. The lowest BCUT2D eigenvalue weighted by Crippen LogP contribution is -2.29. The lowest BCUT2D eigenvalue weighted by atomic mass is 10.2. The number of nitrogens with one attached hydrogen (secondary N) is 4. The van der Waals surface area contributed by atoms with E-state index in [4.69, 9.17) is 0 Å². The van der Waals surface area contributed by atoms with Gasteiger partial charge in [0.05, 0.1) is 5.69 Å². The molecule has 23 heavy (non-hydrogen) atoms. The van der Waals surface area contributed by atoms with Crippen molar-refractivity contribution in [3.63, 3.8) is 0 Å². The summed E-state index contributed by atoms with van der Waals surface area (Å²) in [5, 5.41) is 15.4. The van der Waals surface area contributed by atoms with Crippen LogP contribution in [0, 0.1) is 0 Å². The second kappa shape index (κ2) is 8.42. The third-order valence-corrected chi connectivity index (χ3v) is 3.45. The van der Waals surface area contributed by atoms with E-state index in [2.05, 4.69) is 47.4 Å². The van der Waals surface area contributed by atoms with Crippen molar-refractivity contribution in [3.8, 4) is 0 Å². The number of pyridine rings is 2. The first-order valence-corrected chi connectivity index (χ1v) is 7.69. The van der Waals surface area contributed by atoms with Crippen LogP contribution in [0.3, 0.4) is 0 Å². The molecule has 2 heterocycles. The van der Waals surface area contributed by atoms with Crippen LogP contribution in [0.15, 0.2) is 41.3 Å². The number of hydrogen-bond acceptors (Lipinski definition) is 6. The predicted octanol–water partition coefficient (Wildman–Crippen LogP) is 1.99. The number of halogens is 1. The molecule has 0 saturated carbocycles. The third-order valence-electron chi connectivity index (χ3n) is 2.79. The van der Waals surface area contributed by atoms with Crippen LogP contribution in [0.1, 0.15) is 18.7 Å². The molecule has 5 N–H and O–H groups in total. The molecule has 0 radical (unpaired) electrons. The van der Waals surface area contributed by atoms with Gasteiger partial charge in [0, 0.05) is 35.2 Å². The number of hydrogen-bond donors (Lipinski definition) is 5. The molecule has 0 aliphatic carbocycles. The van der Waals surface area contributed by atoms with Crippen molar-refractivity contribution in [1.82, 2.24) is 20.7 Å². The summed E-state index contributed by atoms with van der Waals surface area (Å²) < 4.78 is 0.607. The minimum atomic E-state index is -1.02. The number of amides is 2. The Balaban J connectivity index is 2.03. The summed E-state index contributed by atoms with van der Waals surface area (Å²) in [5.74, 6) is 0.332. The van der Waals surface area contributed by atoms with Gasteiger partial charge in [0.1, 0.15) is 12.0 Å². The van der Waals surface area contributed by atoms with E-state index in [9.17, 15) is 9.90 Å². The Morgan fingerprint density at radius 3 is 2.83 bits per heavy atom. The monoisotopic (exact) mass is 380 g/mol. The Morgan fingerprint density at radius 2 is 2.13 bits per heavy atom. The number of rotatable bonds is 6. The maximum atomic E-state index is 11.5. The van der Waals surface area contributed by atoms with Gasteiger partial charge in [0.25, 0.3) is 0 Å². The van der Waals surface area contributed by atoms with E-state index in [0.29, 0.717) is 22.4 Å². The quantitative estimate of drug-likeness (QED) is 0.387. The summed E-state index contributed by atoms with van der Waals surface area (Å²) in [6.07, 6.45) is 3.75. The molecular weight excluding hydrogens is 364 g/mol. The number of carbonyl (C=O) groups excluding carboxylic acids is 1. The average molecular weight is 381 g/mol. The normalized spacial score (nSPS) is 11.6. The fraction of sp³-hybridized carbons (Fsp3) is 0.214. The Kier molecular flexibility index (Phi) is 6.27.